The van der Waals surface area contributed by atoms with E-state index in [0.29, 0.717) is 41.6 Å². The second-order valence-corrected chi connectivity index (χ2v) is 9.36. The van der Waals surface area contributed by atoms with Crippen molar-refractivity contribution in [2.24, 2.45) is 5.92 Å². The maximum Gasteiger partial charge on any atom is 0.252 e. The fraction of sp³-hybridized carbons (Fsp3) is 0.316. The summed E-state index contributed by atoms with van der Waals surface area (Å²) in [6.07, 6.45) is 2.97. The highest BCUT2D eigenvalue weighted by molar-refractivity contribution is 7.91. The van der Waals surface area contributed by atoms with Crippen LogP contribution in [-0.4, -0.2) is 38.3 Å². The molecule has 1 aromatic carbocycles. The number of carbonyl (C=O) groups excluding carboxylic acids is 1. The normalized spacial score (nSPS) is 18.0. The van der Waals surface area contributed by atoms with E-state index in [1.165, 1.54) is 15.6 Å². The van der Waals surface area contributed by atoms with Crippen LogP contribution in [0.25, 0.3) is 0 Å². The Morgan fingerprint density at radius 1 is 1.37 bits per heavy atom. The van der Waals surface area contributed by atoms with Crippen molar-refractivity contribution < 1.29 is 17.9 Å². The van der Waals surface area contributed by atoms with E-state index in [9.17, 15) is 13.2 Å². The van der Waals surface area contributed by atoms with E-state index >= 15 is 0 Å². The maximum atomic E-state index is 12.7. The number of carbonyl (C=O) groups is 1. The fourth-order valence-corrected chi connectivity index (χ4v) is 5.64. The van der Waals surface area contributed by atoms with Gasteiger partial charge in [0.15, 0.2) is 0 Å². The van der Waals surface area contributed by atoms with Crippen LogP contribution in [0.4, 0.5) is 5.69 Å². The average Bonchev–Trinajstić information content (AvgIpc) is 3.22. The molecule has 1 unspecified atom stereocenters. The second kappa shape index (κ2) is 8.69. The predicted octanol–water partition coefficient (Wildman–Crippen LogP) is 3.35. The molecule has 1 atom stereocenters. The summed E-state index contributed by atoms with van der Waals surface area (Å²) in [6.45, 7) is 4.62. The van der Waals surface area contributed by atoms with Gasteiger partial charge in [-0.1, -0.05) is 24.8 Å². The number of anilines is 1. The molecule has 1 N–H and O–H groups in total. The molecule has 2 heterocycles. The van der Waals surface area contributed by atoms with Gasteiger partial charge in [-0.2, -0.15) is 4.31 Å². The predicted molar refractivity (Wildman–Crippen MR) is 107 cm³/mol. The SMILES string of the molecule is C=CCOc1cccc(NC(=O)C2CCCN(S(=O)(=O)c3cccs3)C2)c1. The molecule has 1 saturated heterocycles. The van der Waals surface area contributed by atoms with Crippen molar-refractivity contribution in [1.82, 2.24) is 4.31 Å². The van der Waals surface area contributed by atoms with Crippen LogP contribution in [0, 0.1) is 5.92 Å². The second-order valence-electron chi connectivity index (χ2n) is 6.25. The standard InChI is InChI=1S/C19H22N2O4S2/c1-2-11-25-17-8-3-7-16(13-17)20-19(22)15-6-4-10-21(14-15)27(23,24)18-9-5-12-26-18/h2-3,5,7-9,12-13,15H,1,4,6,10-11,14H2,(H,20,22). The molecule has 0 radical (unpaired) electrons. The van der Waals surface area contributed by atoms with Crippen molar-refractivity contribution in [3.05, 3.63) is 54.4 Å². The number of hydrogen-bond donors (Lipinski definition) is 1. The highest BCUT2D eigenvalue weighted by Gasteiger charge is 2.33. The Morgan fingerprint density at radius 3 is 2.96 bits per heavy atom. The van der Waals surface area contributed by atoms with Crippen molar-refractivity contribution in [2.45, 2.75) is 17.1 Å². The van der Waals surface area contributed by atoms with Crippen molar-refractivity contribution in [3.63, 3.8) is 0 Å². The van der Waals surface area contributed by atoms with Crippen LogP contribution < -0.4 is 10.1 Å². The fourth-order valence-electron chi connectivity index (χ4n) is 2.98. The molecule has 1 aliphatic heterocycles. The molecule has 0 bridgehead atoms. The molecule has 144 valence electrons. The number of thiophene rings is 1. The van der Waals surface area contributed by atoms with Gasteiger partial charge in [-0.05, 0) is 36.4 Å². The summed E-state index contributed by atoms with van der Waals surface area (Å²) in [5.74, 6) is 0.0754. The third kappa shape index (κ3) is 4.77. The molecule has 0 aliphatic carbocycles. The van der Waals surface area contributed by atoms with Gasteiger partial charge in [0.25, 0.3) is 10.0 Å². The van der Waals surface area contributed by atoms with Gasteiger partial charge in [0.1, 0.15) is 16.6 Å². The summed E-state index contributed by atoms with van der Waals surface area (Å²) in [5.41, 5.74) is 0.625. The van der Waals surface area contributed by atoms with E-state index in [0.717, 1.165) is 0 Å². The van der Waals surface area contributed by atoms with E-state index in [4.69, 9.17) is 4.74 Å². The summed E-state index contributed by atoms with van der Waals surface area (Å²) >= 11 is 1.19. The minimum absolute atomic E-state index is 0.179. The highest BCUT2D eigenvalue weighted by Crippen LogP contribution is 2.27. The minimum Gasteiger partial charge on any atom is -0.489 e. The third-order valence-electron chi connectivity index (χ3n) is 4.31. The number of benzene rings is 1. The monoisotopic (exact) mass is 406 g/mol. The van der Waals surface area contributed by atoms with Crippen LogP contribution in [0.2, 0.25) is 0 Å². The van der Waals surface area contributed by atoms with Crippen molar-refractivity contribution in [1.29, 1.82) is 0 Å². The largest absolute Gasteiger partial charge is 0.489 e. The third-order valence-corrected chi connectivity index (χ3v) is 7.55. The average molecular weight is 407 g/mol. The van der Waals surface area contributed by atoms with Crippen LogP contribution in [0.1, 0.15) is 12.8 Å². The van der Waals surface area contributed by atoms with Gasteiger partial charge in [0.05, 0.1) is 5.92 Å². The van der Waals surface area contributed by atoms with E-state index < -0.39 is 10.0 Å². The molecule has 1 amide bonds. The van der Waals surface area contributed by atoms with Gasteiger partial charge in [-0.25, -0.2) is 8.42 Å². The quantitative estimate of drug-likeness (QED) is 0.716. The van der Waals surface area contributed by atoms with Gasteiger partial charge in [0, 0.05) is 24.8 Å². The number of amides is 1. The van der Waals surface area contributed by atoms with Crippen LogP contribution in [-0.2, 0) is 14.8 Å². The van der Waals surface area contributed by atoms with E-state index in [1.807, 2.05) is 0 Å². The zero-order valence-corrected chi connectivity index (χ0v) is 16.5. The molecule has 3 rings (SSSR count). The zero-order chi connectivity index (χ0) is 19.3. The summed E-state index contributed by atoms with van der Waals surface area (Å²) in [4.78, 5) is 12.7. The molecular formula is C19H22N2O4S2. The Kier molecular flexibility index (Phi) is 6.30. The Labute approximate surface area is 163 Å². The lowest BCUT2D eigenvalue weighted by Crippen LogP contribution is -2.43. The summed E-state index contributed by atoms with van der Waals surface area (Å²) in [5, 5.41) is 4.61. The lowest BCUT2D eigenvalue weighted by atomic mass is 9.98. The molecule has 0 saturated carbocycles. The smallest absolute Gasteiger partial charge is 0.252 e. The Balaban J connectivity index is 1.66. The molecule has 27 heavy (non-hydrogen) atoms. The molecular weight excluding hydrogens is 384 g/mol. The number of hydrogen-bond acceptors (Lipinski definition) is 5. The van der Waals surface area contributed by atoms with Crippen LogP contribution >= 0.6 is 11.3 Å². The van der Waals surface area contributed by atoms with Crippen molar-refractivity contribution >= 4 is 33.0 Å². The molecule has 1 aromatic heterocycles. The van der Waals surface area contributed by atoms with E-state index in [1.54, 1.807) is 47.9 Å². The molecule has 1 fully saturated rings. The van der Waals surface area contributed by atoms with Gasteiger partial charge in [-0.3, -0.25) is 4.79 Å². The van der Waals surface area contributed by atoms with E-state index in [2.05, 4.69) is 11.9 Å². The lowest BCUT2D eigenvalue weighted by molar-refractivity contribution is -0.120. The molecule has 1 aliphatic rings. The van der Waals surface area contributed by atoms with Gasteiger partial charge >= 0.3 is 0 Å². The first kappa shape index (κ1) is 19.6. The number of ether oxygens (including phenoxy) is 1. The first-order chi connectivity index (χ1) is 13.0. The number of rotatable bonds is 7. The number of sulfonamides is 1. The number of nitrogens with zero attached hydrogens (tertiary/aromatic N) is 1. The number of nitrogens with one attached hydrogen (secondary N) is 1. The number of piperidine rings is 1. The molecule has 8 heteroatoms. The zero-order valence-electron chi connectivity index (χ0n) is 14.8. The molecule has 6 nitrogen and oxygen atoms in total. The highest BCUT2D eigenvalue weighted by atomic mass is 32.2. The Morgan fingerprint density at radius 2 is 2.22 bits per heavy atom. The summed E-state index contributed by atoms with van der Waals surface area (Å²) in [7, 11) is -3.53. The topological polar surface area (TPSA) is 75.7 Å². The first-order valence-corrected chi connectivity index (χ1v) is 11.0. The molecule has 0 spiro atoms. The van der Waals surface area contributed by atoms with Gasteiger partial charge in [0.2, 0.25) is 5.91 Å². The molecule has 2 aromatic rings. The van der Waals surface area contributed by atoms with Crippen LogP contribution in [0.5, 0.6) is 5.75 Å². The Hall–Kier alpha value is -2.16. The first-order valence-electron chi connectivity index (χ1n) is 8.69. The lowest BCUT2D eigenvalue weighted by Gasteiger charge is -2.30. The van der Waals surface area contributed by atoms with Crippen LogP contribution in [0.15, 0.2) is 58.6 Å². The van der Waals surface area contributed by atoms with Crippen LogP contribution in [0.3, 0.4) is 0 Å². The van der Waals surface area contributed by atoms with Gasteiger partial charge in [-0.15, -0.1) is 11.3 Å². The van der Waals surface area contributed by atoms with Crippen molar-refractivity contribution in [3.8, 4) is 5.75 Å². The summed E-state index contributed by atoms with van der Waals surface area (Å²) in [6, 6.07) is 10.4. The minimum atomic E-state index is -3.53. The van der Waals surface area contributed by atoms with Gasteiger partial charge < -0.3 is 10.1 Å². The van der Waals surface area contributed by atoms with Crippen molar-refractivity contribution in [2.75, 3.05) is 25.0 Å². The van der Waals surface area contributed by atoms with E-state index in [-0.39, 0.29) is 18.4 Å². The Bertz CT molecular complexity index is 894. The summed E-state index contributed by atoms with van der Waals surface area (Å²) < 4.78 is 32.6. The maximum absolute atomic E-state index is 12.7.